The fourth-order valence-corrected chi connectivity index (χ4v) is 3.09. The zero-order valence-corrected chi connectivity index (χ0v) is 14.9. The number of anilines is 3. The van der Waals surface area contributed by atoms with Crippen molar-refractivity contribution in [2.45, 2.75) is 13.3 Å². The third kappa shape index (κ3) is 3.43. The van der Waals surface area contributed by atoms with E-state index < -0.39 is 0 Å². The highest BCUT2D eigenvalue weighted by Crippen LogP contribution is 2.34. The van der Waals surface area contributed by atoms with E-state index in [0.29, 0.717) is 17.8 Å². The summed E-state index contributed by atoms with van der Waals surface area (Å²) in [5, 5.41) is 0. The molecule has 0 bridgehead atoms. The molecular weight excluding hydrogens is 319 g/mol. The van der Waals surface area contributed by atoms with Gasteiger partial charge in [0.2, 0.25) is 0 Å². The molecule has 132 valence electrons. The Morgan fingerprint density at radius 1 is 1.20 bits per heavy atom. The van der Waals surface area contributed by atoms with E-state index in [2.05, 4.69) is 16.8 Å². The fourth-order valence-electron chi connectivity index (χ4n) is 3.09. The van der Waals surface area contributed by atoms with E-state index in [4.69, 9.17) is 0 Å². The van der Waals surface area contributed by atoms with E-state index >= 15 is 0 Å². The highest BCUT2D eigenvalue weighted by Gasteiger charge is 2.27. The summed E-state index contributed by atoms with van der Waals surface area (Å²) < 4.78 is 13.8. The van der Waals surface area contributed by atoms with Crippen molar-refractivity contribution in [2.75, 3.05) is 48.4 Å². The smallest absolute Gasteiger partial charge is 0.259 e. The molecule has 0 radical (unpaired) electrons. The Kier molecular flexibility index (Phi) is 4.88. The monoisotopic (exact) mass is 342 g/mol. The van der Waals surface area contributed by atoms with Gasteiger partial charge in [0.05, 0.1) is 16.9 Å². The molecule has 0 saturated carbocycles. The van der Waals surface area contributed by atoms with Gasteiger partial charge in [-0.3, -0.25) is 4.79 Å². The van der Waals surface area contributed by atoms with Crippen LogP contribution in [-0.4, -0.2) is 44.6 Å². The lowest BCUT2D eigenvalue weighted by Crippen LogP contribution is -2.44. The van der Waals surface area contributed by atoms with Gasteiger partial charge in [0, 0.05) is 39.9 Å². The van der Waals surface area contributed by atoms with Crippen LogP contribution >= 0.6 is 0 Å². The molecule has 0 unspecified atom stereocenters. The van der Waals surface area contributed by atoms with Gasteiger partial charge in [0.1, 0.15) is 11.6 Å². The molecule has 1 aromatic heterocycles. The summed E-state index contributed by atoms with van der Waals surface area (Å²) in [5.41, 5.74) is 2.03. The van der Waals surface area contributed by atoms with Crippen molar-refractivity contribution in [2.24, 2.45) is 0 Å². The van der Waals surface area contributed by atoms with Gasteiger partial charge in [-0.15, -0.1) is 0 Å². The topological polar surface area (TPSA) is 39.7 Å². The number of carbonyl (C=O) groups is 1. The molecule has 0 aliphatic carbocycles. The maximum Gasteiger partial charge on any atom is 0.259 e. The van der Waals surface area contributed by atoms with E-state index in [1.165, 1.54) is 12.1 Å². The zero-order chi connectivity index (χ0) is 18.0. The van der Waals surface area contributed by atoms with E-state index in [0.717, 1.165) is 31.0 Å². The molecule has 2 heterocycles. The number of benzene rings is 1. The predicted molar refractivity (Wildman–Crippen MR) is 99.1 cm³/mol. The third-order valence-corrected chi connectivity index (χ3v) is 4.35. The molecule has 5 nitrogen and oxygen atoms in total. The Morgan fingerprint density at radius 3 is 2.64 bits per heavy atom. The first-order chi connectivity index (χ1) is 12.0. The summed E-state index contributed by atoms with van der Waals surface area (Å²) in [6.45, 7) is 4.27. The van der Waals surface area contributed by atoms with Crippen molar-refractivity contribution in [3.63, 3.8) is 0 Å². The van der Waals surface area contributed by atoms with Gasteiger partial charge < -0.3 is 14.7 Å². The van der Waals surface area contributed by atoms with Crippen molar-refractivity contribution in [1.29, 1.82) is 0 Å². The average molecular weight is 342 g/mol. The quantitative estimate of drug-likeness (QED) is 0.856. The van der Waals surface area contributed by atoms with Crippen molar-refractivity contribution in [3.8, 4) is 0 Å². The van der Waals surface area contributed by atoms with Crippen LogP contribution in [0.5, 0.6) is 0 Å². The second kappa shape index (κ2) is 7.09. The second-order valence-electron chi connectivity index (χ2n) is 6.38. The van der Waals surface area contributed by atoms with Gasteiger partial charge in [-0.05, 0) is 36.8 Å². The van der Waals surface area contributed by atoms with Crippen LogP contribution in [0.15, 0.2) is 36.5 Å². The number of aromatic nitrogens is 1. The van der Waals surface area contributed by atoms with Gasteiger partial charge in [-0.1, -0.05) is 6.92 Å². The molecule has 0 fully saturated rings. The van der Waals surface area contributed by atoms with Crippen molar-refractivity contribution in [1.82, 2.24) is 4.98 Å². The van der Waals surface area contributed by atoms with Crippen LogP contribution < -0.4 is 14.7 Å². The largest absolute Gasteiger partial charge is 0.368 e. The molecule has 0 atom stereocenters. The predicted octanol–water partition coefficient (Wildman–Crippen LogP) is 3.16. The molecule has 6 heteroatoms. The summed E-state index contributed by atoms with van der Waals surface area (Å²) >= 11 is 0. The first-order valence-electron chi connectivity index (χ1n) is 8.51. The number of nitrogens with zero attached hydrogens (tertiary/aromatic N) is 4. The molecule has 1 aromatic carbocycles. The summed E-state index contributed by atoms with van der Waals surface area (Å²) in [7, 11) is 3.80. The Hall–Kier alpha value is -2.63. The van der Waals surface area contributed by atoms with E-state index in [-0.39, 0.29) is 11.7 Å². The highest BCUT2D eigenvalue weighted by atomic mass is 19.1. The normalized spacial score (nSPS) is 13.6. The van der Waals surface area contributed by atoms with Crippen molar-refractivity contribution in [3.05, 3.63) is 47.9 Å². The molecule has 0 N–H and O–H groups in total. The van der Waals surface area contributed by atoms with Gasteiger partial charge >= 0.3 is 0 Å². The summed E-state index contributed by atoms with van der Waals surface area (Å²) in [6.07, 6.45) is 2.58. The standard InChI is InChI=1S/C19H23FN4O/c1-4-9-23-10-11-24(17-12-15(20)6-7-16(17)23)19(25)14-5-8-18(21-13-14)22(2)3/h5-8,12-13H,4,9-11H2,1-3H3. The van der Waals surface area contributed by atoms with E-state index in [1.54, 1.807) is 23.2 Å². The Labute approximate surface area is 147 Å². The number of rotatable bonds is 4. The average Bonchev–Trinajstić information content (AvgIpc) is 2.61. The van der Waals surface area contributed by atoms with E-state index in [1.807, 2.05) is 25.1 Å². The maximum atomic E-state index is 13.8. The number of amides is 1. The first kappa shape index (κ1) is 17.2. The van der Waals surface area contributed by atoms with Crippen molar-refractivity contribution < 1.29 is 9.18 Å². The lowest BCUT2D eigenvalue weighted by Gasteiger charge is -2.37. The third-order valence-electron chi connectivity index (χ3n) is 4.35. The van der Waals surface area contributed by atoms with E-state index in [9.17, 15) is 9.18 Å². The molecule has 0 spiro atoms. The Bertz CT molecular complexity index is 761. The van der Waals surface area contributed by atoms with Crippen LogP contribution in [-0.2, 0) is 0 Å². The summed E-state index contributed by atoms with van der Waals surface area (Å²) in [4.78, 5) is 23.0. The second-order valence-corrected chi connectivity index (χ2v) is 6.38. The fraction of sp³-hybridized carbons (Fsp3) is 0.368. The minimum Gasteiger partial charge on any atom is -0.368 e. The molecule has 25 heavy (non-hydrogen) atoms. The number of carbonyl (C=O) groups excluding carboxylic acids is 1. The number of hydrogen-bond donors (Lipinski definition) is 0. The maximum absolute atomic E-state index is 13.8. The van der Waals surface area contributed by atoms with Gasteiger partial charge in [-0.25, -0.2) is 9.37 Å². The minimum absolute atomic E-state index is 0.152. The molecule has 3 rings (SSSR count). The molecule has 1 amide bonds. The summed E-state index contributed by atoms with van der Waals surface area (Å²) in [6, 6.07) is 8.22. The first-order valence-corrected chi connectivity index (χ1v) is 8.51. The number of pyridine rings is 1. The summed E-state index contributed by atoms with van der Waals surface area (Å²) in [5.74, 6) is 0.299. The number of halogens is 1. The van der Waals surface area contributed by atoms with Gasteiger partial charge in [-0.2, -0.15) is 0 Å². The van der Waals surface area contributed by atoms with Crippen LogP contribution in [0.4, 0.5) is 21.6 Å². The zero-order valence-electron chi connectivity index (χ0n) is 14.9. The van der Waals surface area contributed by atoms with Gasteiger partial charge in [0.25, 0.3) is 5.91 Å². The molecule has 1 aliphatic rings. The SMILES string of the molecule is CCCN1CCN(C(=O)c2ccc(N(C)C)nc2)c2cc(F)ccc21. The van der Waals surface area contributed by atoms with Crippen LogP contribution in [0.3, 0.4) is 0 Å². The highest BCUT2D eigenvalue weighted by molar-refractivity contribution is 6.08. The number of hydrogen-bond acceptors (Lipinski definition) is 4. The molecule has 1 aliphatic heterocycles. The van der Waals surface area contributed by atoms with Crippen LogP contribution in [0.25, 0.3) is 0 Å². The molecule has 2 aromatic rings. The molecular formula is C19H23FN4O. The van der Waals surface area contributed by atoms with Crippen LogP contribution in [0.1, 0.15) is 23.7 Å². The van der Waals surface area contributed by atoms with Crippen LogP contribution in [0, 0.1) is 5.82 Å². The lowest BCUT2D eigenvalue weighted by molar-refractivity contribution is 0.0986. The van der Waals surface area contributed by atoms with Crippen LogP contribution in [0.2, 0.25) is 0 Å². The number of fused-ring (bicyclic) bond motifs is 1. The van der Waals surface area contributed by atoms with Gasteiger partial charge in [0.15, 0.2) is 0 Å². The minimum atomic E-state index is -0.337. The van der Waals surface area contributed by atoms with Crippen molar-refractivity contribution >= 4 is 23.1 Å². The Morgan fingerprint density at radius 2 is 2.00 bits per heavy atom. The molecule has 0 saturated heterocycles. The lowest BCUT2D eigenvalue weighted by atomic mass is 10.1. The Balaban J connectivity index is 1.93.